The number of aromatic nitrogens is 4. The summed E-state index contributed by atoms with van der Waals surface area (Å²) in [6, 6.07) is -0.0138. The van der Waals surface area contributed by atoms with Gasteiger partial charge in [0, 0.05) is 63.8 Å². The summed E-state index contributed by atoms with van der Waals surface area (Å²) >= 11 is 0. The number of carbonyl (C=O) groups is 1. The van der Waals surface area contributed by atoms with Crippen LogP contribution in [0.3, 0.4) is 0 Å². The quantitative estimate of drug-likeness (QED) is 0.375. The van der Waals surface area contributed by atoms with Crippen LogP contribution in [0.5, 0.6) is 0 Å². The molecule has 35 heavy (non-hydrogen) atoms. The number of nitrogens with zero attached hydrogens (tertiary/aromatic N) is 5. The number of nitrogens with one attached hydrogen (secondary N) is 2. The summed E-state index contributed by atoms with van der Waals surface area (Å²) in [6.07, 6.45) is 13.0. The first kappa shape index (κ1) is 25.9. The second kappa shape index (κ2) is 12.1. The van der Waals surface area contributed by atoms with Gasteiger partial charge in [-0.15, -0.1) is 0 Å². The molecule has 2 aliphatic rings. The van der Waals surface area contributed by atoms with Gasteiger partial charge in [0.2, 0.25) is 0 Å². The highest BCUT2D eigenvalue weighted by atomic mass is 16.4. The number of hydrogen-bond acceptors (Lipinski definition) is 6. The molecular formula is C26H43N7O2. The van der Waals surface area contributed by atoms with E-state index in [2.05, 4.69) is 54.7 Å². The van der Waals surface area contributed by atoms with Crippen molar-refractivity contribution in [3.8, 4) is 0 Å². The highest BCUT2D eigenvalue weighted by Crippen LogP contribution is 2.40. The van der Waals surface area contributed by atoms with Crippen molar-refractivity contribution in [1.82, 2.24) is 34.6 Å². The molecule has 0 amide bonds. The van der Waals surface area contributed by atoms with E-state index in [1.54, 1.807) is 6.20 Å². The molecule has 1 spiro atoms. The molecule has 0 aliphatic carbocycles. The third-order valence-corrected chi connectivity index (χ3v) is 7.68. The van der Waals surface area contributed by atoms with Crippen LogP contribution in [0.25, 0.3) is 0 Å². The maximum absolute atomic E-state index is 10.9. The summed E-state index contributed by atoms with van der Waals surface area (Å²) in [5, 5.41) is 12.5. The Kier molecular flexibility index (Phi) is 8.97. The summed E-state index contributed by atoms with van der Waals surface area (Å²) in [5.74, 6) is 1.88. The molecule has 2 aromatic rings. The molecule has 0 saturated carbocycles. The Morgan fingerprint density at radius 3 is 2.60 bits per heavy atom. The van der Waals surface area contributed by atoms with Gasteiger partial charge in [-0.25, -0.2) is 9.97 Å². The van der Waals surface area contributed by atoms with E-state index in [0.29, 0.717) is 24.8 Å². The number of carboxylic acids is 1. The second-order valence-electron chi connectivity index (χ2n) is 10.9. The predicted molar refractivity (Wildman–Crippen MR) is 136 cm³/mol. The van der Waals surface area contributed by atoms with Crippen molar-refractivity contribution in [2.75, 3.05) is 45.8 Å². The number of rotatable bonds is 13. The van der Waals surface area contributed by atoms with Gasteiger partial charge in [-0.1, -0.05) is 13.8 Å². The Morgan fingerprint density at radius 1 is 1.14 bits per heavy atom. The van der Waals surface area contributed by atoms with Crippen molar-refractivity contribution in [1.29, 1.82) is 0 Å². The molecule has 0 aromatic carbocycles. The average Bonchev–Trinajstić information content (AvgIpc) is 3.58. The molecule has 0 bridgehead atoms. The third-order valence-electron chi connectivity index (χ3n) is 7.68. The number of hydrogen-bond donors (Lipinski definition) is 3. The Hall–Kier alpha value is -2.23. The molecule has 0 radical (unpaired) electrons. The van der Waals surface area contributed by atoms with Crippen LogP contribution in [0.2, 0.25) is 0 Å². The van der Waals surface area contributed by atoms with E-state index in [-0.39, 0.29) is 12.5 Å². The maximum Gasteiger partial charge on any atom is 0.303 e. The van der Waals surface area contributed by atoms with Crippen LogP contribution in [0.4, 0.5) is 0 Å². The zero-order valence-electron chi connectivity index (χ0n) is 21.5. The molecule has 1 unspecified atom stereocenters. The minimum absolute atomic E-state index is 0.0138. The highest BCUT2D eigenvalue weighted by Gasteiger charge is 2.40. The zero-order valence-corrected chi connectivity index (χ0v) is 21.5. The number of H-pyrrole nitrogens is 1. The summed E-state index contributed by atoms with van der Waals surface area (Å²) in [5.41, 5.74) is 0.513. The fraction of sp³-hybridized carbons (Fsp3) is 0.731. The van der Waals surface area contributed by atoms with Gasteiger partial charge in [-0.3, -0.25) is 4.79 Å². The minimum atomic E-state index is -0.759. The van der Waals surface area contributed by atoms with Gasteiger partial charge in [0.05, 0.1) is 6.04 Å². The highest BCUT2D eigenvalue weighted by molar-refractivity contribution is 5.66. The summed E-state index contributed by atoms with van der Waals surface area (Å²) in [7, 11) is 0. The van der Waals surface area contributed by atoms with Gasteiger partial charge >= 0.3 is 5.97 Å². The number of likely N-dealkylation sites (tertiary alicyclic amines) is 2. The van der Waals surface area contributed by atoms with Crippen molar-refractivity contribution >= 4 is 5.97 Å². The van der Waals surface area contributed by atoms with Gasteiger partial charge in [0.25, 0.3) is 0 Å². The normalized spacial score (nSPS) is 19.6. The first-order valence-electron chi connectivity index (χ1n) is 13.3. The van der Waals surface area contributed by atoms with Crippen molar-refractivity contribution in [3.63, 3.8) is 0 Å². The van der Waals surface area contributed by atoms with E-state index in [1.165, 1.54) is 52.0 Å². The number of aromatic amines is 1. The standard InChI is InChI=1S/C26H43N7O2/c1-21(2)19-31-12-5-26(6-13-31)7-14-32(20-26)16-17-33-15-11-30-25(33)22(18-23-28-9-10-29-23)27-8-3-4-24(34)35/h9-11,15,21-22,27H,3-8,12-14,16-20H2,1-2H3,(H,28,29)(H,34,35). The lowest BCUT2D eigenvalue weighted by molar-refractivity contribution is -0.137. The molecule has 2 fully saturated rings. The molecule has 2 aliphatic heterocycles. The minimum Gasteiger partial charge on any atom is -0.481 e. The van der Waals surface area contributed by atoms with Gasteiger partial charge < -0.3 is 29.8 Å². The summed E-state index contributed by atoms with van der Waals surface area (Å²) in [6.45, 7) is 13.4. The molecule has 9 heteroatoms. The van der Waals surface area contributed by atoms with E-state index >= 15 is 0 Å². The molecule has 4 rings (SSSR count). The van der Waals surface area contributed by atoms with Crippen LogP contribution in [0.15, 0.2) is 24.8 Å². The fourth-order valence-corrected chi connectivity index (χ4v) is 5.80. The lowest BCUT2D eigenvalue weighted by atomic mass is 9.77. The fourth-order valence-electron chi connectivity index (χ4n) is 5.80. The molecule has 2 saturated heterocycles. The van der Waals surface area contributed by atoms with E-state index in [0.717, 1.165) is 30.7 Å². The van der Waals surface area contributed by atoms with E-state index in [9.17, 15) is 4.79 Å². The predicted octanol–water partition coefficient (Wildman–Crippen LogP) is 2.79. The molecule has 3 N–H and O–H groups in total. The summed E-state index contributed by atoms with van der Waals surface area (Å²) in [4.78, 5) is 28.5. The molecular weight excluding hydrogens is 442 g/mol. The van der Waals surface area contributed by atoms with E-state index in [1.807, 2.05) is 12.4 Å². The largest absolute Gasteiger partial charge is 0.481 e. The second-order valence-corrected chi connectivity index (χ2v) is 10.9. The lowest BCUT2D eigenvalue weighted by Gasteiger charge is -2.40. The topological polar surface area (TPSA) is 102 Å². The monoisotopic (exact) mass is 485 g/mol. The average molecular weight is 486 g/mol. The molecule has 194 valence electrons. The lowest BCUT2D eigenvalue weighted by Crippen LogP contribution is -2.43. The van der Waals surface area contributed by atoms with Crippen molar-refractivity contribution in [3.05, 3.63) is 36.4 Å². The Balaban J connectivity index is 1.31. The van der Waals surface area contributed by atoms with Crippen LogP contribution in [0, 0.1) is 11.3 Å². The van der Waals surface area contributed by atoms with Crippen molar-refractivity contribution in [2.24, 2.45) is 11.3 Å². The molecule has 1 atom stereocenters. The number of piperidine rings is 1. The number of carboxylic acid groups (broad SMARTS) is 1. The molecule has 4 heterocycles. The summed E-state index contributed by atoms with van der Waals surface area (Å²) < 4.78 is 2.26. The van der Waals surface area contributed by atoms with Crippen molar-refractivity contribution in [2.45, 2.75) is 65.0 Å². The maximum atomic E-state index is 10.9. The number of aliphatic carboxylic acids is 1. The Morgan fingerprint density at radius 2 is 1.91 bits per heavy atom. The van der Waals surface area contributed by atoms with Crippen LogP contribution in [-0.4, -0.2) is 86.2 Å². The van der Waals surface area contributed by atoms with Crippen LogP contribution >= 0.6 is 0 Å². The van der Waals surface area contributed by atoms with Gasteiger partial charge in [0.1, 0.15) is 11.6 Å². The van der Waals surface area contributed by atoms with Gasteiger partial charge in [-0.2, -0.15) is 0 Å². The van der Waals surface area contributed by atoms with Crippen LogP contribution in [0.1, 0.15) is 63.6 Å². The van der Waals surface area contributed by atoms with Crippen molar-refractivity contribution < 1.29 is 9.90 Å². The zero-order chi connectivity index (χ0) is 24.7. The smallest absolute Gasteiger partial charge is 0.303 e. The Labute approximate surface area is 209 Å². The number of imidazole rings is 2. The molecule has 9 nitrogen and oxygen atoms in total. The Bertz CT molecular complexity index is 903. The van der Waals surface area contributed by atoms with Crippen LogP contribution in [-0.2, 0) is 17.8 Å². The first-order valence-corrected chi connectivity index (χ1v) is 13.3. The van der Waals surface area contributed by atoms with Crippen LogP contribution < -0.4 is 5.32 Å². The van der Waals surface area contributed by atoms with Gasteiger partial charge in [-0.05, 0) is 63.2 Å². The SMILES string of the molecule is CC(C)CN1CCC2(CC1)CCN(CCn1ccnc1C(Cc1ncc[nH]1)NCCCC(=O)O)C2. The van der Waals surface area contributed by atoms with E-state index < -0.39 is 5.97 Å². The first-order chi connectivity index (χ1) is 16.9. The van der Waals surface area contributed by atoms with Gasteiger partial charge in [0.15, 0.2) is 0 Å². The molecule has 2 aromatic heterocycles. The third kappa shape index (κ3) is 7.38. The van der Waals surface area contributed by atoms with E-state index in [4.69, 9.17) is 5.11 Å².